The minimum atomic E-state index is -0.139. The summed E-state index contributed by atoms with van der Waals surface area (Å²) >= 11 is 0. The molecule has 1 atom stereocenters. The number of carbonyl (C=O) groups is 1. The zero-order valence-corrected chi connectivity index (χ0v) is 23.5. The number of fused-ring (bicyclic) bond motifs is 1. The van der Waals surface area contributed by atoms with Crippen LogP contribution in [0.2, 0.25) is 0 Å². The summed E-state index contributed by atoms with van der Waals surface area (Å²) in [5.41, 5.74) is 3.93. The summed E-state index contributed by atoms with van der Waals surface area (Å²) in [7, 11) is 0. The van der Waals surface area contributed by atoms with Crippen molar-refractivity contribution in [3.05, 3.63) is 95.6 Å². The predicted octanol–water partition coefficient (Wildman–Crippen LogP) is 7.81. The molecule has 1 amide bonds. The first-order chi connectivity index (χ1) is 18.7. The van der Waals surface area contributed by atoms with Crippen molar-refractivity contribution in [3.63, 3.8) is 0 Å². The van der Waals surface area contributed by atoms with Gasteiger partial charge < -0.3 is 10.1 Å². The van der Waals surface area contributed by atoms with E-state index in [4.69, 9.17) is 9.72 Å². The molecular weight excluding hydrogens is 482 g/mol. The van der Waals surface area contributed by atoms with Gasteiger partial charge in [0.05, 0.1) is 0 Å². The maximum Gasteiger partial charge on any atom is 0.270 e. The van der Waals surface area contributed by atoms with Crippen LogP contribution in [-0.2, 0) is 18.3 Å². The van der Waals surface area contributed by atoms with Crippen molar-refractivity contribution >= 4 is 16.7 Å². The Morgan fingerprint density at radius 3 is 2.46 bits per heavy atom. The molecule has 1 N–H and O–H groups in total. The molecule has 5 rings (SSSR count). The van der Waals surface area contributed by atoms with Gasteiger partial charge in [-0.1, -0.05) is 70.7 Å². The molecule has 5 nitrogen and oxygen atoms in total. The lowest BCUT2D eigenvalue weighted by atomic mass is 9.87. The highest BCUT2D eigenvalue weighted by Crippen LogP contribution is 2.33. The van der Waals surface area contributed by atoms with E-state index in [9.17, 15) is 4.79 Å². The molecule has 0 spiro atoms. The van der Waals surface area contributed by atoms with Gasteiger partial charge in [-0.15, -0.1) is 0 Å². The Bertz CT molecular complexity index is 1420. The number of nitrogens with zero attached hydrogens (tertiary/aromatic N) is 2. The van der Waals surface area contributed by atoms with Crippen molar-refractivity contribution in [3.8, 4) is 11.5 Å². The second-order valence-corrected chi connectivity index (χ2v) is 12.0. The number of ether oxygens (including phenoxy) is 1. The van der Waals surface area contributed by atoms with Crippen molar-refractivity contribution < 1.29 is 9.53 Å². The van der Waals surface area contributed by atoms with Gasteiger partial charge in [0.25, 0.3) is 5.91 Å². The molecule has 2 heterocycles. The molecule has 0 saturated heterocycles. The van der Waals surface area contributed by atoms with Crippen LogP contribution in [0.3, 0.4) is 0 Å². The number of rotatable bonds is 8. The predicted molar refractivity (Wildman–Crippen MR) is 157 cm³/mol. The van der Waals surface area contributed by atoms with E-state index in [1.54, 1.807) is 6.20 Å². The van der Waals surface area contributed by atoms with Crippen LogP contribution in [0.15, 0.2) is 73.1 Å². The second-order valence-electron chi connectivity index (χ2n) is 12.0. The van der Waals surface area contributed by atoms with Gasteiger partial charge in [-0.25, -0.2) is 4.98 Å². The highest BCUT2D eigenvalue weighted by atomic mass is 16.5. The smallest absolute Gasteiger partial charge is 0.270 e. The molecule has 0 bridgehead atoms. The van der Waals surface area contributed by atoms with E-state index in [0.29, 0.717) is 11.6 Å². The molecule has 2 aromatic carbocycles. The fourth-order valence-electron chi connectivity index (χ4n) is 5.50. The Balaban J connectivity index is 1.39. The number of hydrogen-bond donors (Lipinski definition) is 1. The molecule has 5 heteroatoms. The third kappa shape index (κ3) is 6.83. The van der Waals surface area contributed by atoms with Crippen LogP contribution < -0.4 is 10.1 Å². The van der Waals surface area contributed by atoms with E-state index >= 15 is 0 Å². The number of aromatic nitrogens is 2. The third-order valence-corrected chi connectivity index (χ3v) is 7.67. The van der Waals surface area contributed by atoms with Crippen molar-refractivity contribution in [1.29, 1.82) is 0 Å². The van der Waals surface area contributed by atoms with Crippen LogP contribution >= 0.6 is 0 Å². The number of amides is 1. The molecule has 202 valence electrons. The lowest BCUT2D eigenvalue weighted by molar-refractivity contribution is 0.0935. The Kier molecular flexibility index (Phi) is 7.97. The molecule has 4 aromatic rings. The second kappa shape index (κ2) is 11.6. The summed E-state index contributed by atoms with van der Waals surface area (Å²) in [6.45, 7) is 8.64. The molecule has 1 aliphatic rings. The summed E-state index contributed by atoms with van der Waals surface area (Å²) < 4.78 is 6.25. The van der Waals surface area contributed by atoms with Gasteiger partial charge in [0.1, 0.15) is 17.2 Å². The lowest BCUT2D eigenvalue weighted by Gasteiger charge is -2.19. The van der Waals surface area contributed by atoms with Gasteiger partial charge in [-0.2, -0.15) is 0 Å². The minimum Gasteiger partial charge on any atom is -0.457 e. The average Bonchev–Trinajstić information content (AvgIpc) is 3.42. The molecule has 39 heavy (non-hydrogen) atoms. The number of hydrogen-bond acceptors (Lipinski definition) is 4. The van der Waals surface area contributed by atoms with E-state index in [1.807, 2.05) is 55.6 Å². The summed E-state index contributed by atoms with van der Waals surface area (Å²) in [5, 5.41) is 5.21. The van der Waals surface area contributed by atoms with Crippen molar-refractivity contribution in [2.45, 2.75) is 77.7 Å². The van der Waals surface area contributed by atoms with Crippen molar-refractivity contribution in [1.82, 2.24) is 15.3 Å². The Morgan fingerprint density at radius 1 is 1.03 bits per heavy atom. The van der Waals surface area contributed by atoms with E-state index in [1.165, 1.54) is 31.2 Å². The fourth-order valence-corrected chi connectivity index (χ4v) is 5.50. The molecule has 2 aromatic heterocycles. The van der Waals surface area contributed by atoms with Gasteiger partial charge in [0.2, 0.25) is 0 Å². The minimum absolute atomic E-state index is 0.0297. The summed E-state index contributed by atoms with van der Waals surface area (Å²) in [6.07, 6.45) is 10.2. The van der Waals surface area contributed by atoms with Crippen molar-refractivity contribution in [2.24, 2.45) is 5.92 Å². The zero-order valence-electron chi connectivity index (χ0n) is 23.5. The van der Waals surface area contributed by atoms with E-state index < -0.39 is 0 Å². The lowest BCUT2D eigenvalue weighted by Crippen LogP contribution is -2.34. The quantitative estimate of drug-likeness (QED) is 0.257. The van der Waals surface area contributed by atoms with Gasteiger partial charge in [0, 0.05) is 29.5 Å². The number of pyridine rings is 2. The van der Waals surface area contributed by atoms with E-state index in [-0.39, 0.29) is 17.4 Å². The molecule has 1 fully saturated rings. The molecule has 1 saturated carbocycles. The summed E-state index contributed by atoms with van der Waals surface area (Å²) in [6, 6.07) is 20.2. The van der Waals surface area contributed by atoms with Crippen LogP contribution in [-0.4, -0.2) is 21.9 Å². The number of benzene rings is 2. The Hall–Kier alpha value is -3.73. The normalized spacial score (nSPS) is 14.9. The van der Waals surface area contributed by atoms with Gasteiger partial charge in [-0.05, 0) is 84.0 Å². The molecule has 0 aliphatic heterocycles. The molecule has 0 unspecified atom stereocenters. The Labute approximate surface area is 232 Å². The first-order valence-electron chi connectivity index (χ1n) is 14.2. The first kappa shape index (κ1) is 26.9. The highest BCUT2D eigenvalue weighted by molar-refractivity contribution is 5.97. The van der Waals surface area contributed by atoms with E-state index in [0.717, 1.165) is 46.4 Å². The van der Waals surface area contributed by atoms with E-state index in [2.05, 4.69) is 49.3 Å². The maximum atomic E-state index is 13.3. The largest absolute Gasteiger partial charge is 0.457 e. The monoisotopic (exact) mass is 521 g/mol. The Morgan fingerprint density at radius 2 is 1.77 bits per heavy atom. The SMILES string of the molecule is C[C@H](Cc1cccnc1)NC(=O)c1cc2ccc(Oc3ccc(C(C)(C)C)cc3)cc2c(CC2CCCC2)n1. The highest BCUT2D eigenvalue weighted by Gasteiger charge is 2.21. The van der Waals surface area contributed by atoms with Crippen LogP contribution in [0, 0.1) is 5.92 Å². The van der Waals surface area contributed by atoms with Gasteiger partial charge in [-0.3, -0.25) is 9.78 Å². The first-order valence-corrected chi connectivity index (χ1v) is 14.2. The number of carbonyl (C=O) groups excluding carboxylic acids is 1. The maximum absolute atomic E-state index is 13.3. The molecule has 1 aliphatic carbocycles. The molecular formula is C34H39N3O2. The zero-order chi connectivity index (χ0) is 27.4. The van der Waals surface area contributed by atoms with Gasteiger partial charge in [0.15, 0.2) is 0 Å². The van der Waals surface area contributed by atoms with Gasteiger partial charge >= 0.3 is 0 Å². The topological polar surface area (TPSA) is 64.1 Å². The van der Waals surface area contributed by atoms with Crippen LogP contribution in [0.5, 0.6) is 11.5 Å². The van der Waals surface area contributed by atoms with Crippen LogP contribution in [0.25, 0.3) is 10.8 Å². The standard InChI is InChI=1S/C34H39N3O2/c1-23(18-25-10-7-17-35-22-25)36-33(38)32-20-26-11-14-29(39-28-15-12-27(13-16-28)34(2,3)4)21-30(26)31(37-32)19-24-8-5-6-9-24/h7,10-17,20-24H,5-6,8-9,18-19H2,1-4H3,(H,36,38)/t23-/m1/s1. The third-order valence-electron chi connectivity index (χ3n) is 7.67. The van der Waals surface area contributed by atoms with Crippen LogP contribution in [0.4, 0.5) is 0 Å². The average molecular weight is 522 g/mol. The summed E-state index contributed by atoms with van der Waals surface area (Å²) in [5.74, 6) is 2.06. The number of nitrogens with one attached hydrogen (secondary N) is 1. The fraction of sp³-hybridized carbons (Fsp3) is 0.382. The van der Waals surface area contributed by atoms with Crippen LogP contribution in [0.1, 0.15) is 80.7 Å². The summed E-state index contributed by atoms with van der Waals surface area (Å²) in [4.78, 5) is 22.4. The molecule has 0 radical (unpaired) electrons. The van der Waals surface area contributed by atoms with Crippen molar-refractivity contribution in [2.75, 3.05) is 0 Å².